The Balaban J connectivity index is 1.90. The summed E-state index contributed by atoms with van der Waals surface area (Å²) in [5.41, 5.74) is 1.71. The van der Waals surface area contributed by atoms with Gasteiger partial charge in [-0.25, -0.2) is 4.79 Å². The van der Waals surface area contributed by atoms with Crippen molar-refractivity contribution in [2.45, 2.75) is 38.5 Å². The molecule has 156 valence electrons. The molecule has 0 aromatic heterocycles. The molecule has 3 rings (SSSR count). The smallest absolute Gasteiger partial charge is 0.343 e. The number of ether oxygens (including phenoxy) is 1. The number of thioether (sulfide) groups is 1. The molecule has 30 heavy (non-hydrogen) atoms. The van der Waals surface area contributed by atoms with E-state index in [-0.39, 0.29) is 5.24 Å². The number of aryl methyl sites for hydroxylation is 1. The Morgan fingerprint density at radius 3 is 2.20 bits per heavy atom. The molecule has 5 heteroatoms. The standard InChI is InChI=1S/C25H27NO3S/c1-4-9-18-14-16-20(17-15-18)24(27)29-21-12-7-10-19-11-8-13-22(23(19)21)30-25(28)26(5-2)6-3/h7-8,10-17H,4-6,9H2,1-3H3. The first-order valence-electron chi connectivity index (χ1n) is 10.4. The van der Waals surface area contributed by atoms with Crippen molar-refractivity contribution in [1.82, 2.24) is 4.90 Å². The van der Waals surface area contributed by atoms with E-state index in [1.807, 2.05) is 56.3 Å². The lowest BCUT2D eigenvalue weighted by molar-refractivity contribution is 0.0737. The van der Waals surface area contributed by atoms with E-state index in [4.69, 9.17) is 4.74 Å². The van der Waals surface area contributed by atoms with Gasteiger partial charge in [-0.3, -0.25) is 4.79 Å². The molecule has 3 aromatic rings. The number of hydrogen-bond acceptors (Lipinski definition) is 4. The Morgan fingerprint density at radius 1 is 0.900 bits per heavy atom. The minimum atomic E-state index is -0.402. The first-order chi connectivity index (χ1) is 14.6. The van der Waals surface area contributed by atoms with Crippen LogP contribution < -0.4 is 4.74 Å². The van der Waals surface area contributed by atoms with Crippen LogP contribution in [0, 0.1) is 0 Å². The van der Waals surface area contributed by atoms with Crippen LogP contribution in [0.2, 0.25) is 0 Å². The summed E-state index contributed by atoms with van der Waals surface area (Å²) in [5, 5.41) is 1.69. The summed E-state index contributed by atoms with van der Waals surface area (Å²) in [7, 11) is 0. The van der Waals surface area contributed by atoms with Crippen molar-refractivity contribution in [3.8, 4) is 5.75 Å². The summed E-state index contributed by atoms with van der Waals surface area (Å²) in [6.45, 7) is 7.36. The minimum Gasteiger partial charge on any atom is -0.422 e. The first kappa shape index (κ1) is 21.9. The van der Waals surface area contributed by atoms with Crippen LogP contribution >= 0.6 is 11.8 Å². The van der Waals surface area contributed by atoms with Gasteiger partial charge in [0, 0.05) is 23.4 Å². The van der Waals surface area contributed by atoms with Gasteiger partial charge in [0.1, 0.15) is 5.75 Å². The highest BCUT2D eigenvalue weighted by Gasteiger charge is 2.17. The fourth-order valence-corrected chi connectivity index (χ4v) is 4.38. The zero-order valence-corrected chi connectivity index (χ0v) is 18.5. The highest BCUT2D eigenvalue weighted by Crippen LogP contribution is 2.36. The Labute approximate surface area is 182 Å². The molecule has 0 saturated heterocycles. The van der Waals surface area contributed by atoms with Crippen LogP contribution in [-0.4, -0.2) is 29.2 Å². The van der Waals surface area contributed by atoms with E-state index < -0.39 is 5.97 Å². The van der Waals surface area contributed by atoms with Gasteiger partial charge in [-0.15, -0.1) is 0 Å². The van der Waals surface area contributed by atoms with Crippen molar-refractivity contribution < 1.29 is 14.3 Å². The fourth-order valence-electron chi connectivity index (χ4n) is 3.34. The zero-order chi connectivity index (χ0) is 21.5. The molecule has 1 amide bonds. The number of fused-ring (bicyclic) bond motifs is 1. The van der Waals surface area contributed by atoms with Gasteiger partial charge in [0.2, 0.25) is 0 Å². The molecule has 0 heterocycles. The number of rotatable bonds is 7. The van der Waals surface area contributed by atoms with Gasteiger partial charge in [-0.1, -0.05) is 49.7 Å². The number of nitrogens with zero attached hydrogens (tertiary/aromatic N) is 1. The predicted molar refractivity (Wildman–Crippen MR) is 124 cm³/mol. The van der Waals surface area contributed by atoms with Crippen LogP contribution in [0.15, 0.2) is 65.6 Å². The molecule has 0 atom stereocenters. The van der Waals surface area contributed by atoms with Crippen molar-refractivity contribution in [2.75, 3.05) is 13.1 Å². The van der Waals surface area contributed by atoms with Gasteiger partial charge in [0.15, 0.2) is 0 Å². The Kier molecular flexibility index (Phi) is 7.52. The maximum absolute atomic E-state index is 12.8. The molecule has 0 bridgehead atoms. The maximum Gasteiger partial charge on any atom is 0.343 e. The van der Waals surface area contributed by atoms with Gasteiger partial charge >= 0.3 is 5.97 Å². The number of carbonyl (C=O) groups is 2. The maximum atomic E-state index is 12.8. The summed E-state index contributed by atoms with van der Waals surface area (Å²) < 4.78 is 5.77. The van der Waals surface area contributed by atoms with Crippen molar-refractivity contribution in [2.24, 2.45) is 0 Å². The average Bonchev–Trinajstić information content (AvgIpc) is 2.75. The summed E-state index contributed by atoms with van der Waals surface area (Å²) >= 11 is 1.17. The number of esters is 1. The largest absolute Gasteiger partial charge is 0.422 e. The van der Waals surface area contributed by atoms with Crippen LogP contribution in [0.25, 0.3) is 10.8 Å². The molecule has 3 aromatic carbocycles. The van der Waals surface area contributed by atoms with Crippen molar-refractivity contribution in [3.05, 3.63) is 71.8 Å². The van der Waals surface area contributed by atoms with Crippen LogP contribution in [0.4, 0.5) is 4.79 Å². The van der Waals surface area contributed by atoms with Gasteiger partial charge in [0.05, 0.1) is 5.56 Å². The topological polar surface area (TPSA) is 46.6 Å². The first-order valence-corrected chi connectivity index (χ1v) is 11.2. The second-order valence-corrected chi connectivity index (χ2v) is 7.98. The molecule has 0 radical (unpaired) electrons. The van der Waals surface area contributed by atoms with Crippen LogP contribution in [-0.2, 0) is 6.42 Å². The highest BCUT2D eigenvalue weighted by molar-refractivity contribution is 8.13. The molecule has 0 aliphatic carbocycles. The van der Waals surface area contributed by atoms with E-state index in [1.165, 1.54) is 17.3 Å². The Morgan fingerprint density at radius 2 is 1.57 bits per heavy atom. The highest BCUT2D eigenvalue weighted by atomic mass is 32.2. The van der Waals surface area contributed by atoms with Crippen molar-refractivity contribution in [3.63, 3.8) is 0 Å². The molecule has 0 saturated carbocycles. The molecule has 0 aliphatic heterocycles. The van der Waals surface area contributed by atoms with Crippen LogP contribution in [0.1, 0.15) is 43.1 Å². The van der Waals surface area contributed by atoms with E-state index >= 15 is 0 Å². The summed E-state index contributed by atoms with van der Waals surface area (Å²) in [6, 6.07) is 18.9. The van der Waals surface area contributed by atoms with Gasteiger partial charge in [0.25, 0.3) is 5.24 Å². The third-order valence-corrected chi connectivity index (χ3v) is 5.97. The number of benzene rings is 3. The third kappa shape index (κ3) is 5.03. The molecule has 0 spiro atoms. The molecule has 0 aliphatic rings. The second-order valence-electron chi connectivity index (χ2n) is 6.99. The number of amides is 1. The molecule has 4 nitrogen and oxygen atoms in total. The van der Waals surface area contributed by atoms with Crippen molar-refractivity contribution in [1.29, 1.82) is 0 Å². The fraction of sp³-hybridized carbons (Fsp3) is 0.280. The third-order valence-electron chi connectivity index (χ3n) is 4.98. The van der Waals surface area contributed by atoms with Crippen LogP contribution in [0.3, 0.4) is 0 Å². The molecular formula is C25H27NO3S. The Bertz CT molecular complexity index is 1020. The van der Waals surface area contributed by atoms with E-state index in [1.54, 1.807) is 23.1 Å². The minimum absolute atomic E-state index is 0.0138. The van der Waals surface area contributed by atoms with E-state index in [0.717, 1.165) is 28.5 Å². The normalized spacial score (nSPS) is 10.8. The summed E-state index contributed by atoms with van der Waals surface area (Å²) in [4.78, 5) is 28.0. The summed E-state index contributed by atoms with van der Waals surface area (Å²) in [6.07, 6.45) is 2.05. The van der Waals surface area contributed by atoms with E-state index in [9.17, 15) is 9.59 Å². The molecular weight excluding hydrogens is 394 g/mol. The van der Waals surface area contributed by atoms with Gasteiger partial charge < -0.3 is 9.64 Å². The van der Waals surface area contributed by atoms with Crippen LogP contribution in [0.5, 0.6) is 5.75 Å². The number of carbonyl (C=O) groups excluding carboxylic acids is 2. The lowest BCUT2D eigenvalue weighted by atomic mass is 10.1. The van der Waals surface area contributed by atoms with E-state index in [0.29, 0.717) is 24.4 Å². The molecule has 0 unspecified atom stereocenters. The summed E-state index contributed by atoms with van der Waals surface area (Å²) in [5.74, 6) is 0.0611. The SMILES string of the molecule is CCCc1ccc(C(=O)Oc2cccc3cccc(SC(=O)N(CC)CC)c23)cc1. The quantitative estimate of drug-likeness (QED) is 0.246. The van der Waals surface area contributed by atoms with Crippen molar-refractivity contribution >= 4 is 33.7 Å². The molecule has 0 N–H and O–H groups in total. The van der Waals surface area contributed by atoms with Gasteiger partial charge in [-0.05, 0) is 67.2 Å². The second kappa shape index (κ2) is 10.3. The molecule has 0 fully saturated rings. The monoisotopic (exact) mass is 421 g/mol. The zero-order valence-electron chi connectivity index (χ0n) is 17.7. The lowest BCUT2D eigenvalue weighted by Crippen LogP contribution is -2.26. The Hall–Kier alpha value is -2.79. The average molecular weight is 422 g/mol. The predicted octanol–water partition coefficient (Wildman–Crippen LogP) is 6.57. The lowest BCUT2D eigenvalue weighted by Gasteiger charge is -2.18. The van der Waals surface area contributed by atoms with Gasteiger partial charge in [-0.2, -0.15) is 0 Å². The number of hydrogen-bond donors (Lipinski definition) is 0. The van der Waals surface area contributed by atoms with E-state index in [2.05, 4.69) is 6.92 Å².